The molecule has 3 N–H and O–H groups in total. The molecule has 0 aromatic heterocycles. The quantitative estimate of drug-likeness (QED) is 0.0314. The van der Waals surface area contributed by atoms with Crippen LogP contribution < -0.4 is 0 Å². The number of carbonyl (C=O) groups is 2. The van der Waals surface area contributed by atoms with Crippen molar-refractivity contribution in [3.05, 3.63) is 0 Å². The van der Waals surface area contributed by atoms with Crippen LogP contribution in [0.5, 0.6) is 0 Å². The van der Waals surface area contributed by atoms with Crippen LogP contribution in [0.2, 0.25) is 0 Å². The van der Waals surface area contributed by atoms with Crippen molar-refractivity contribution in [1.29, 1.82) is 0 Å². The zero-order valence-electron chi connectivity index (χ0n) is 32.8. The first kappa shape index (κ1) is 50.0. The molecule has 304 valence electrons. The molecule has 11 heteroatoms. The molecule has 1 unspecified atom stereocenters. The van der Waals surface area contributed by atoms with Gasteiger partial charge in [0.2, 0.25) is 0 Å². The zero-order valence-corrected chi connectivity index (χ0v) is 33.7. The Balaban J connectivity index is 4.28. The van der Waals surface area contributed by atoms with Gasteiger partial charge in [-0.2, -0.15) is 0 Å². The number of hydrogen-bond donors (Lipinski definition) is 3. The van der Waals surface area contributed by atoms with Gasteiger partial charge in [-0.1, -0.05) is 181 Å². The lowest BCUT2D eigenvalue weighted by Gasteiger charge is -2.20. The third-order valence-corrected chi connectivity index (χ3v) is 10.2. The second kappa shape index (κ2) is 37.3. The largest absolute Gasteiger partial charge is 0.472 e. The lowest BCUT2D eigenvalue weighted by Crippen LogP contribution is -2.29. The van der Waals surface area contributed by atoms with E-state index >= 15 is 0 Å². The van der Waals surface area contributed by atoms with Crippen molar-refractivity contribution >= 4 is 19.8 Å². The number of esters is 2. The minimum Gasteiger partial charge on any atom is -0.462 e. The van der Waals surface area contributed by atoms with Gasteiger partial charge in [0.25, 0.3) is 0 Å². The van der Waals surface area contributed by atoms with E-state index in [1.165, 1.54) is 128 Å². The summed E-state index contributed by atoms with van der Waals surface area (Å²) in [7, 11) is -4.60. The molecular weight excluding hydrogens is 671 g/mol. The van der Waals surface area contributed by atoms with Crippen LogP contribution in [0.15, 0.2) is 0 Å². The number of phosphoric ester groups is 1. The molecule has 0 radical (unpaired) electrons. The van der Waals surface area contributed by atoms with Gasteiger partial charge in [-0.25, -0.2) is 4.57 Å². The summed E-state index contributed by atoms with van der Waals surface area (Å²) >= 11 is 0. The molecule has 0 bridgehead atoms. The maximum absolute atomic E-state index is 12.6. The van der Waals surface area contributed by atoms with Gasteiger partial charge in [0, 0.05) is 12.8 Å². The number of carbonyl (C=O) groups excluding carboxylic acids is 2. The highest BCUT2D eigenvalue weighted by molar-refractivity contribution is 7.47. The van der Waals surface area contributed by atoms with Crippen LogP contribution in [0.1, 0.15) is 206 Å². The van der Waals surface area contributed by atoms with Gasteiger partial charge in [0.1, 0.15) is 12.7 Å². The van der Waals surface area contributed by atoms with Crippen LogP contribution in [0.25, 0.3) is 0 Å². The predicted octanol–water partition coefficient (Wildman–Crippen LogP) is 10.7. The number of aliphatic hydroxyl groups is 2. The van der Waals surface area contributed by atoms with E-state index in [-0.39, 0.29) is 19.4 Å². The molecular formula is C40H79O10P. The van der Waals surface area contributed by atoms with E-state index in [4.69, 9.17) is 19.1 Å². The summed E-state index contributed by atoms with van der Waals surface area (Å²) in [5.74, 6) is -0.911. The minimum atomic E-state index is -4.60. The molecule has 0 amide bonds. The van der Waals surface area contributed by atoms with E-state index in [0.29, 0.717) is 12.8 Å². The van der Waals surface area contributed by atoms with Gasteiger partial charge in [-0.3, -0.25) is 18.6 Å². The highest BCUT2D eigenvalue weighted by Gasteiger charge is 2.27. The van der Waals surface area contributed by atoms with Crippen LogP contribution in [0.3, 0.4) is 0 Å². The van der Waals surface area contributed by atoms with Gasteiger partial charge in [0.15, 0.2) is 6.10 Å². The summed E-state index contributed by atoms with van der Waals surface area (Å²) < 4.78 is 32.7. The summed E-state index contributed by atoms with van der Waals surface area (Å²) in [6.45, 7) is 2.41. The molecule has 0 fully saturated rings. The minimum absolute atomic E-state index is 0.192. The van der Waals surface area contributed by atoms with Crippen LogP contribution in [-0.2, 0) is 32.7 Å². The first-order chi connectivity index (χ1) is 24.7. The SMILES string of the molecule is CCCCCCCCCCCCCCCCCC(=O)O[C@H](COC(=O)CCCCCCCCCCCCCCC)COP(=O)(O)OC[C@H](O)CO. The maximum Gasteiger partial charge on any atom is 0.472 e. The van der Waals surface area contributed by atoms with Gasteiger partial charge in [-0.05, 0) is 12.8 Å². The lowest BCUT2D eigenvalue weighted by atomic mass is 10.0. The smallest absolute Gasteiger partial charge is 0.462 e. The maximum atomic E-state index is 12.6. The Kier molecular flexibility index (Phi) is 36.5. The normalized spacial score (nSPS) is 13.9. The van der Waals surface area contributed by atoms with E-state index in [1.54, 1.807) is 0 Å². The Hall–Kier alpha value is -1.03. The highest BCUT2D eigenvalue weighted by Crippen LogP contribution is 2.43. The fourth-order valence-corrected chi connectivity index (χ4v) is 6.78. The Bertz CT molecular complexity index is 827. The molecule has 0 rings (SSSR count). The van der Waals surface area contributed by atoms with Crippen molar-refractivity contribution in [3.63, 3.8) is 0 Å². The molecule has 51 heavy (non-hydrogen) atoms. The van der Waals surface area contributed by atoms with Crippen LogP contribution in [0.4, 0.5) is 0 Å². The molecule has 0 saturated heterocycles. The van der Waals surface area contributed by atoms with Gasteiger partial charge >= 0.3 is 19.8 Å². The van der Waals surface area contributed by atoms with Crippen molar-refractivity contribution < 1.29 is 47.8 Å². The molecule has 0 spiro atoms. The van der Waals surface area contributed by atoms with Gasteiger partial charge in [0.05, 0.1) is 19.8 Å². The molecule has 0 saturated carbocycles. The van der Waals surface area contributed by atoms with E-state index in [0.717, 1.165) is 38.5 Å². The average molecular weight is 751 g/mol. The summed E-state index contributed by atoms with van der Waals surface area (Å²) in [6, 6.07) is 0. The molecule has 10 nitrogen and oxygen atoms in total. The standard InChI is InChI=1S/C40H79O10P/c1-3-5-7-9-11-13-15-17-18-20-22-24-26-28-30-32-40(44)50-38(36-49-51(45,46)48-34-37(42)33-41)35-47-39(43)31-29-27-25-23-21-19-16-14-12-10-8-6-4-2/h37-38,41-42H,3-36H2,1-2H3,(H,45,46)/t37-,38-/m1/s1. The number of unbranched alkanes of at least 4 members (excludes halogenated alkanes) is 26. The van der Waals surface area contributed by atoms with Crippen molar-refractivity contribution in [2.45, 2.75) is 219 Å². The van der Waals surface area contributed by atoms with Gasteiger partial charge in [-0.15, -0.1) is 0 Å². The Morgan fingerprint density at radius 1 is 0.510 bits per heavy atom. The molecule has 0 aliphatic carbocycles. The third-order valence-electron chi connectivity index (χ3n) is 9.26. The van der Waals surface area contributed by atoms with E-state index in [2.05, 4.69) is 18.4 Å². The van der Waals surface area contributed by atoms with Crippen molar-refractivity contribution in [2.75, 3.05) is 26.4 Å². The first-order valence-electron chi connectivity index (χ1n) is 21.0. The summed E-state index contributed by atoms with van der Waals surface area (Å²) in [5, 5.41) is 18.3. The second-order valence-electron chi connectivity index (χ2n) is 14.4. The fourth-order valence-electron chi connectivity index (χ4n) is 5.99. The number of ether oxygens (including phenoxy) is 2. The van der Waals surface area contributed by atoms with Gasteiger partial charge < -0.3 is 24.6 Å². The summed E-state index contributed by atoms with van der Waals surface area (Å²) in [6.07, 6.45) is 32.1. The van der Waals surface area contributed by atoms with Crippen LogP contribution >= 0.6 is 7.82 Å². The first-order valence-corrected chi connectivity index (χ1v) is 22.5. The monoisotopic (exact) mass is 751 g/mol. The van der Waals surface area contributed by atoms with Crippen molar-refractivity contribution in [1.82, 2.24) is 0 Å². The topological polar surface area (TPSA) is 149 Å². The van der Waals surface area contributed by atoms with Crippen molar-refractivity contribution in [3.8, 4) is 0 Å². The highest BCUT2D eigenvalue weighted by atomic mass is 31.2. The zero-order chi connectivity index (χ0) is 37.7. The average Bonchev–Trinajstić information content (AvgIpc) is 3.12. The number of rotatable bonds is 40. The molecule has 0 aromatic carbocycles. The lowest BCUT2D eigenvalue weighted by molar-refractivity contribution is -0.161. The van der Waals surface area contributed by atoms with Crippen molar-refractivity contribution in [2.24, 2.45) is 0 Å². The summed E-state index contributed by atoms with van der Waals surface area (Å²) in [5.41, 5.74) is 0. The van der Waals surface area contributed by atoms with E-state index in [1.807, 2.05) is 0 Å². The molecule has 0 aliphatic rings. The van der Waals surface area contributed by atoms with E-state index < -0.39 is 51.8 Å². The number of phosphoric acid groups is 1. The van der Waals surface area contributed by atoms with Crippen LogP contribution in [0, 0.1) is 0 Å². The Labute approximate surface area is 312 Å². The Morgan fingerprint density at radius 2 is 0.843 bits per heavy atom. The summed E-state index contributed by atoms with van der Waals surface area (Å²) in [4.78, 5) is 34.9. The predicted molar refractivity (Wildman–Crippen MR) is 206 cm³/mol. The fraction of sp³-hybridized carbons (Fsp3) is 0.950. The number of hydrogen-bond acceptors (Lipinski definition) is 9. The molecule has 0 aromatic rings. The van der Waals surface area contributed by atoms with Crippen LogP contribution in [-0.4, -0.2) is 65.7 Å². The third kappa shape index (κ3) is 37.1. The van der Waals surface area contributed by atoms with E-state index in [9.17, 15) is 24.2 Å². The molecule has 0 aliphatic heterocycles. The molecule has 3 atom stereocenters. The molecule has 0 heterocycles. The Morgan fingerprint density at radius 3 is 1.22 bits per heavy atom. The second-order valence-corrected chi connectivity index (χ2v) is 15.8. The number of aliphatic hydroxyl groups excluding tert-OH is 2.